The molecule has 0 aromatic heterocycles. The van der Waals surface area contributed by atoms with Crippen molar-refractivity contribution in [3.63, 3.8) is 0 Å². The van der Waals surface area contributed by atoms with Crippen LogP contribution in [0.25, 0.3) is 0 Å². The highest BCUT2D eigenvalue weighted by Crippen LogP contribution is 2.62. The quantitative estimate of drug-likeness (QED) is 0.315. The van der Waals surface area contributed by atoms with E-state index in [0.29, 0.717) is 19.4 Å². The van der Waals surface area contributed by atoms with Gasteiger partial charge in [0.2, 0.25) is 0 Å². The van der Waals surface area contributed by atoms with E-state index in [1.54, 1.807) is 14.1 Å². The van der Waals surface area contributed by atoms with Crippen LogP contribution in [-0.4, -0.2) is 56.0 Å². The summed E-state index contributed by atoms with van der Waals surface area (Å²) in [5.74, 6) is -0.966. The molecule has 1 aliphatic rings. The minimum Gasteiger partial charge on any atom is -1.00 e. The number of hydrogen-bond acceptors (Lipinski definition) is 3. The molecule has 20 heavy (non-hydrogen) atoms. The average molecular weight is 352 g/mol. The zero-order valence-corrected chi connectivity index (χ0v) is 13.8. The number of hydrogen-bond donors (Lipinski definition) is 4. The summed E-state index contributed by atoms with van der Waals surface area (Å²) < 4.78 is 22.5. The zero-order valence-electron chi connectivity index (χ0n) is 11.2. The molecule has 0 spiro atoms. The number of nitrogens with zero attached hydrogens (tertiary/aromatic N) is 1. The second-order valence-corrected chi connectivity index (χ2v) is 9.49. The molecule has 1 rings (SSSR count). The van der Waals surface area contributed by atoms with Crippen LogP contribution >= 0.6 is 15.2 Å². The molecule has 8 nitrogen and oxygen atoms in total. The normalized spacial score (nSPS) is 23.6. The third-order valence-corrected chi connectivity index (χ3v) is 7.27. The van der Waals surface area contributed by atoms with Gasteiger partial charge in [0.1, 0.15) is 0 Å². The highest BCUT2D eigenvalue weighted by Gasteiger charge is 2.48. The van der Waals surface area contributed by atoms with Crippen LogP contribution in [-0.2, 0) is 13.9 Å². The van der Waals surface area contributed by atoms with Crippen LogP contribution < -0.4 is 12.4 Å². The summed E-state index contributed by atoms with van der Waals surface area (Å²) >= 11 is 0. The van der Waals surface area contributed by atoms with Gasteiger partial charge in [-0.1, -0.05) is 0 Å². The van der Waals surface area contributed by atoms with Crippen LogP contribution in [0.1, 0.15) is 19.3 Å². The Morgan fingerprint density at radius 3 is 2.05 bits per heavy atom. The third kappa shape index (κ3) is 4.90. The minimum atomic E-state index is -4.95. The predicted octanol–water partition coefficient (Wildman–Crippen LogP) is -2.92. The summed E-state index contributed by atoms with van der Waals surface area (Å²) in [6.07, 6.45) is 0.602. The van der Waals surface area contributed by atoms with E-state index in [2.05, 4.69) is 0 Å². The average Bonchev–Trinajstić information content (AvgIpc) is 2.16. The van der Waals surface area contributed by atoms with Gasteiger partial charge in [0.05, 0.1) is 26.6 Å². The smallest absolute Gasteiger partial charge is 0.340 e. The first kappa shape index (κ1) is 20.2. The third-order valence-electron chi connectivity index (χ3n) is 3.49. The van der Waals surface area contributed by atoms with E-state index in [1.165, 1.54) is 0 Å². The highest BCUT2D eigenvalue weighted by atomic mass is 35.5. The number of amides is 1. The molecule has 1 fully saturated rings. The first-order valence-electron chi connectivity index (χ1n) is 5.83. The number of rotatable bonds is 4. The molecule has 0 bridgehead atoms. The predicted molar refractivity (Wildman–Crippen MR) is 67.2 cm³/mol. The standard InChI is InChI=1S/C9H19NO7P2.ClH/c1-10(2)5-3-4-7(9(10)11)6-8(18(12,13)14)19(15,16)17;/h7-8H,3-6H2,1-2H3,(H3-,12,13,14,15,16,17);1H. The van der Waals surface area contributed by atoms with Crippen LogP contribution in [0.15, 0.2) is 0 Å². The number of likely N-dealkylation sites (tertiary alicyclic amines) is 1. The van der Waals surface area contributed by atoms with Gasteiger partial charge in [0.25, 0.3) is 0 Å². The molecule has 4 N–H and O–H groups in total. The van der Waals surface area contributed by atoms with Crippen molar-refractivity contribution in [1.29, 1.82) is 0 Å². The Bertz CT molecular complexity index is 435. The van der Waals surface area contributed by atoms with Gasteiger partial charge in [-0.2, -0.15) is 0 Å². The van der Waals surface area contributed by atoms with Crippen LogP contribution in [0.2, 0.25) is 0 Å². The molecular formula is C9H20ClNO7P2. The van der Waals surface area contributed by atoms with Crippen molar-refractivity contribution in [1.82, 2.24) is 0 Å². The molecule has 1 heterocycles. The van der Waals surface area contributed by atoms with Crippen molar-refractivity contribution < 1.29 is 50.4 Å². The summed E-state index contributed by atoms with van der Waals surface area (Å²) in [6, 6.07) is 0. The molecule has 1 saturated heterocycles. The van der Waals surface area contributed by atoms with Crippen molar-refractivity contribution in [2.24, 2.45) is 5.92 Å². The zero-order chi connectivity index (χ0) is 15.1. The molecule has 0 aromatic carbocycles. The number of carbonyl (C=O) groups is 1. The Labute approximate surface area is 123 Å². The number of quaternary nitrogens is 1. The Morgan fingerprint density at radius 2 is 1.65 bits per heavy atom. The topological polar surface area (TPSA) is 132 Å². The molecular weight excluding hydrogens is 332 g/mol. The van der Waals surface area contributed by atoms with Gasteiger partial charge in [-0.05, 0) is 19.3 Å². The molecule has 0 saturated carbocycles. The molecule has 1 aliphatic heterocycles. The fraction of sp³-hybridized carbons (Fsp3) is 0.889. The molecule has 120 valence electrons. The monoisotopic (exact) mass is 351 g/mol. The fourth-order valence-corrected chi connectivity index (χ4v) is 5.03. The van der Waals surface area contributed by atoms with Crippen LogP contribution in [0.3, 0.4) is 0 Å². The van der Waals surface area contributed by atoms with E-state index < -0.39 is 32.9 Å². The van der Waals surface area contributed by atoms with Crippen molar-refractivity contribution >= 4 is 21.1 Å². The van der Waals surface area contributed by atoms with Crippen molar-refractivity contribution in [2.75, 3.05) is 20.6 Å². The van der Waals surface area contributed by atoms with Gasteiger partial charge < -0.3 is 32.0 Å². The van der Waals surface area contributed by atoms with Crippen molar-refractivity contribution in [3.8, 4) is 0 Å². The Balaban J connectivity index is 0.00000361. The van der Waals surface area contributed by atoms with E-state index >= 15 is 0 Å². The maximum absolute atomic E-state index is 12.1. The molecule has 1 atom stereocenters. The van der Waals surface area contributed by atoms with Crippen LogP contribution in [0.4, 0.5) is 0 Å². The second kappa shape index (κ2) is 6.55. The lowest BCUT2D eigenvalue weighted by Crippen LogP contribution is -3.00. The number of carbonyl (C=O) groups excluding carboxylic acids is 1. The summed E-state index contributed by atoms with van der Waals surface area (Å²) in [7, 11) is -6.55. The lowest BCUT2D eigenvalue weighted by Gasteiger charge is -2.36. The highest BCUT2D eigenvalue weighted by molar-refractivity contribution is 7.70. The van der Waals surface area contributed by atoms with E-state index in [4.69, 9.17) is 19.6 Å². The molecule has 11 heteroatoms. The summed E-state index contributed by atoms with van der Waals surface area (Å²) in [5, 5.41) is -2.09. The van der Waals surface area contributed by atoms with Gasteiger partial charge in [0.15, 0.2) is 5.40 Å². The largest absolute Gasteiger partial charge is 1.00 e. The first-order chi connectivity index (χ1) is 8.36. The summed E-state index contributed by atoms with van der Waals surface area (Å²) in [4.78, 5) is 48.4. The SMILES string of the molecule is C[N+]1(C)CCCC(CC(P(=O)(O)O)P(=O)(O)O)C1=O.[Cl-]. The molecule has 0 aromatic rings. The van der Waals surface area contributed by atoms with Gasteiger partial charge in [0, 0.05) is 0 Å². The molecule has 1 unspecified atom stereocenters. The maximum Gasteiger partial charge on any atom is 0.340 e. The Morgan fingerprint density at radius 1 is 1.20 bits per heavy atom. The summed E-state index contributed by atoms with van der Waals surface area (Å²) in [6.45, 7) is 0.617. The van der Waals surface area contributed by atoms with Crippen molar-refractivity contribution in [2.45, 2.75) is 24.7 Å². The lowest BCUT2D eigenvalue weighted by molar-refractivity contribution is -0.819. The number of piperidine rings is 1. The van der Waals surface area contributed by atoms with Gasteiger partial charge >= 0.3 is 21.1 Å². The van der Waals surface area contributed by atoms with E-state index in [-0.39, 0.29) is 22.8 Å². The molecule has 1 amide bonds. The van der Waals surface area contributed by atoms with Gasteiger partial charge in [-0.15, -0.1) is 0 Å². The maximum atomic E-state index is 12.1. The van der Waals surface area contributed by atoms with E-state index in [0.717, 1.165) is 0 Å². The molecule has 0 aliphatic carbocycles. The van der Waals surface area contributed by atoms with Gasteiger partial charge in [-0.3, -0.25) is 13.6 Å². The Hall–Kier alpha value is 0.220. The lowest BCUT2D eigenvalue weighted by atomic mass is 9.93. The van der Waals surface area contributed by atoms with Crippen molar-refractivity contribution in [3.05, 3.63) is 0 Å². The molecule has 0 radical (unpaired) electrons. The van der Waals surface area contributed by atoms with Crippen LogP contribution in [0.5, 0.6) is 0 Å². The first-order valence-corrected chi connectivity index (χ1v) is 9.20. The van der Waals surface area contributed by atoms with Crippen LogP contribution in [0, 0.1) is 5.92 Å². The van der Waals surface area contributed by atoms with E-state index in [1.807, 2.05) is 0 Å². The summed E-state index contributed by atoms with van der Waals surface area (Å²) in [5.41, 5.74) is 0. The second-order valence-electron chi connectivity index (χ2n) is 5.48. The number of halogens is 1. The van der Waals surface area contributed by atoms with Gasteiger partial charge in [-0.25, -0.2) is 4.79 Å². The minimum absolute atomic E-state index is 0. The fourth-order valence-electron chi connectivity index (χ4n) is 2.40. The van der Waals surface area contributed by atoms with E-state index in [9.17, 15) is 13.9 Å². The Kier molecular flexibility index (Phi) is 6.62.